The van der Waals surface area contributed by atoms with Crippen molar-refractivity contribution in [2.24, 2.45) is 0 Å². The molecule has 0 saturated heterocycles. The number of hydrogen-bond acceptors (Lipinski definition) is 3. The first-order chi connectivity index (χ1) is 8.65. The largest absolute Gasteiger partial charge is 0.340 e. The van der Waals surface area contributed by atoms with Gasteiger partial charge in [0.2, 0.25) is 5.91 Å². The van der Waals surface area contributed by atoms with E-state index in [0.717, 1.165) is 9.21 Å². The van der Waals surface area contributed by atoms with Crippen molar-refractivity contribution in [1.82, 2.24) is 10.2 Å². The zero-order chi connectivity index (χ0) is 13.0. The van der Waals surface area contributed by atoms with Crippen LogP contribution in [0.25, 0.3) is 0 Å². The van der Waals surface area contributed by atoms with Crippen molar-refractivity contribution < 1.29 is 4.79 Å². The molecule has 18 heavy (non-hydrogen) atoms. The maximum Gasteiger partial charge on any atom is 0.236 e. The van der Waals surface area contributed by atoms with Crippen LogP contribution in [0.1, 0.15) is 30.6 Å². The van der Waals surface area contributed by atoms with Crippen LogP contribution in [0.5, 0.6) is 0 Å². The Morgan fingerprint density at radius 1 is 1.50 bits per heavy atom. The first-order valence-corrected chi connectivity index (χ1v) is 7.56. The molecule has 0 aliphatic heterocycles. The second-order valence-corrected chi connectivity index (χ2v) is 6.62. The molecule has 0 aromatic carbocycles. The van der Waals surface area contributed by atoms with Gasteiger partial charge in [-0.05, 0) is 25.0 Å². The van der Waals surface area contributed by atoms with Gasteiger partial charge < -0.3 is 10.2 Å². The maximum absolute atomic E-state index is 11.9. The highest BCUT2D eigenvalue weighted by Crippen LogP contribution is 2.22. The Labute approximate surface area is 117 Å². The van der Waals surface area contributed by atoms with Gasteiger partial charge in [-0.3, -0.25) is 4.79 Å². The number of rotatable bonds is 5. The van der Waals surface area contributed by atoms with E-state index >= 15 is 0 Å². The normalized spacial score (nSPS) is 16.1. The molecule has 1 aromatic rings. The molecule has 1 aromatic heterocycles. The number of thiophene rings is 1. The summed E-state index contributed by atoms with van der Waals surface area (Å²) in [6, 6.07) is 4.39. The van der Waals surface area contributed by atoms with Crippen molar-refractivity contribution in [2.45, 2.75) is 38.3 Å². The number of halogens is 1. The summed E-state index contributed by atoms with van der Waals surface area (Å²) < 4.78 is 0.773. The molecule has 3 nitrogen and oxygen atoms in total. The van der Waals surface area contributed by atoms with E-state index in [0.29, 0.717) is 19.1 Å². The third-order valence-electron chi connectivity index (χ3n) is 3.34. The number of carbonyl (C=O) groups excluding carboxylic acids is 1. The minimum atomic E-state index is 0.145. The lowest BCUT2D eigenvalue weighted by Crippen LogP contribution is -2.38. The van der Waals surface area contributed by atoms with Crippen LogP contribution in [-0.2, 0) is 11.3 Å². The third kappa shape index (κ3) is 3.97. The van der Waals surface area contributed by atoms with Gasteiger partial charge in [-0.2, -0.15) is 0 Å². The van der Waals surface area contributed by atoms with Crippen LogP contribution in [0.2, 0.25) is 4.34 Å². The molecule has 1 aliphatic carbocycles. The lowest BCUT2D eigenvalue weighted by Gasteiger charge is -2.18. The van der Waals surface area contributed by atoms with E-state index in [1.54, 1.807) is 4.90 Å². The van der Waals surface area contributed by atoms with Crippen molar-refractivity contribution in [3.05, 3.63) is 21.3 Å². The van der Waals surface area contributed by atoms with E-state index in [1.165, 1.54) is 37.0 Å². The summed E-state index contributed by atoms with van der Waals surface area (Å²) in [6.45, 7) is 1.09. The first-order valence-electron chi connectivity index (χ1n) is 6.36. The molecular weight excluding hydrogens is 268 g/mol. The quantitative estimate of drug-likeness (QED) is 0.903. The molecule has 0 radical (unpaired) electrons. The summed E-state index contributed by atoms with van der Waals surface area (Å²) in [5.74, 6) is 0.145. The summed E-state index contributed by atoms with van der Waals surface area (Å²) in [5.41, 5.74) is 0. The Bertz CT molecular complexity index is 401. The average Bonchev–Trinajstić information content (AvgIpc) is 2.97. The predicted molar refractivity (Wildman–Crippen MR) is 76.1 cm³/mol. The fourth-order valence-electron chi connectivity index (χ4n) is 2.26. The van der Waals surface area contributed by atoms with E-state index < -0.39 is 0 Å². The Balaban J connectivity index is 1.74. The second-order valence-electron chi connectivity index (χ2n) is 4.82. The molecule has 0 spiro atoms. The minimum absolute atomic E-state index is 0.145. The fourth-order valence-corrected chi connectivity index (χ4v) is 3.40. The van der Waals surface area contributed by atoms with Crippen molar-refractivity contribution >= 4 is 28.8 Å². The zero-order valence-electron chi connectivity index (χ0n) is 10.6. The lowest BCUT2D eigenvalue weighted by molar-refractivity contribution is -0.129. The summed E-state index contributed by atoms with van der Waals surface area (Å²) in [6.07, 6.45) is 4.99. The summed E-state index contributed by atoms with van der Waals surface area (Å²) in [5, 5.41) is 3.34. The topological polar surface area (TPSA) is 32.3 Å². The number of amides is 1. The Hall–Kier alpha value is -0.580. The number of hydrogen-bond donors (Lipinski definition) is 1. The van der Waals surface area contributed by atoms with Gasteiger partial charge in [-0.15, -0.1) is 11.3 Å². The van der Waals surface area contributed by atoms with Crippen LogP contribution in [0, 0.1) is 0 Å². The Morgan fingerprint density at radius 2 is 2.22 bits per heavy atom. The van der Waals surface area contributed by atoms with Crippen LogP contribution in [-0.4, -0.2) is 30.4 Å². The predicted octanol–water partition coefficient (Wildman–Crippen LogP) is 2.89. The number of nitrogens with zero attached hydrogens (tertiary/aromatic N) is 1. The number of likely N-dealkylation sites (N-methyl/N-ethyl adjacent to an activating group) is 1. The molecule has 1 fully saturated rings. The first kappa shape index (κ1) is 13.8. The van der Waals surface area contributed by atoms with Crippen molar-refractivity contribution in [2.75, 3.05) is 13.6 Å². The van der Waals surface area contributed by atoms with Crippen LogP contribution in [0.4, 0.5) is 0 Å². The molecule has 1 aliphatic rings. The lowest BCUT2D eigenvalue weighted by atomic mass is 10.2. The summed E-state index contributed by atoms with van der Waals surface area (Å²) >= 11 is 7.40. The molecule has 1 saturated carbocycles. The number of nitrogens with one attached hydrogen (secondary N) is 1. The molecule has 5 heteroatoms. The smallest absolute Gasteiger partial charge is 0.236 e. The standard InChI is InChI=1S/C13H19ClN2OS/c1-16(9-11-6-7-12(14)18-11)13(17)8-15-10-4-2-3-5-10/h6-7,10,15H,2-5,8-9H2,1H3. The van der Waals surface area contributed by atoms with Gasteiger partial charge in [0.05, 0.1) is 17.4 Å². The zero-order valence-corrected chi connectivity index (χ0v) is 12.2. The van der Waals surface area contributed by atoms with E-state index in [2.05, 4.69) is 5.32 Å². The van der Waals surface area contributed by atoms with Crippen LogP contribution in [0.3, 0.4) is 0 Å². The molecule has 1 N–H and O–H groups in total. The van der Waals surface area contributed by atoms with Gasteiger partial charge in [-0.1, -0.05) is 24.4 Å². The van der Waals surface area contributed by atoms with E-state index in [9.17, 15) is 4.79 Å². The molecule has 1 heterocycles. The maximum atomic E-state index is 11.9. The van der Waals surface area contributed by atoms with E-state index in [4.69, 9.17) is 11.6 Å². The third-order valence-corrected chi connectivity index (χ3v) is 4.56. The van der Waals surface area contributed by atoms with Crippen LogP contribution in [0.15, 0.2) is 12.1 Å². The summed E-state index contributed by atoms with van der Waals surface area (Å²) in [7, 11) is 1.84. The van der Waals surface area contributed by atoms with Crippen molar-refractivity contribution in [3.8, 4) is 0 Å². The molecule has 1 amide bonds. The van der Waals surface area contributed by atoms with E-state index in [-0.39, 0.29) is 5.91 Å². The Morgan fingerprint density at radius 3 is 2.83 bits per heavy atom. The van der Waals surface area contributed by atoms with Crippen molar-refractivity contribution in [3.63, 3.8) is 0 Å². The highest BCUT2D eigenvalue weighted by molar-refractivity contribution is 7.16. The average molecular weight is 287 g/mol. The molecule has 2 rings (SSSR count). The minimum Gasteiger partial charge on any atom is -0.340 e. The second kappa shape index (κ2) is 6.55. The molecular formula is C13H19ClN2OS. The molecule has 0 unspecified atom stereocenters. The monoisotopic (exact) mass is 286 g/mol. The van der Waals surface area contributed by atoms with Gasteiger partial charge >= 0.3 is 0 Å². The highest BCUT2D eigenvalue weighted by atomic mass is 35.5. The van der Waals surface area contributed by atoms with Gasteiger partial charge in [0.1, 0.15) is 0 Å². The highest BCUT2D eigenvalue weighted by Gasteiger charge is 2.17. The molecule has 0 bridgehead atoms. The van der Waals surface area contributed by atoms with E-state index in [1.807, 2.05) is 19.2 Å². The molecule has 100 valence electrons. The van der Waals surface area contributed by atoms with Crippen LogP contribution < -0.4 is 5.32 Å². The summed E-state index contributed by atoms with van der Waals surface area (Å²) in [4.78, 5) is 14.8. The number of carbonyl (C=O) groups is 1. The van der Waals surface area contributed by atoms with Crippen LogP contribution >= 0.6 is 22.9 Å². The molecule has 0 atom stereocenters. The van der Waals surface area contributed by atoms with Gasteiger partial charge in [0.25, 0.3) is 0 Å². The van der Waals surface area contributed by atoms with Crippen molar-refractivity contribution in [1.29, 1.82) is 0 Å². The Kier molecular flexibility index (Phi) is 5.03. The fraction of sp³-hybridized carbons (Fsp3) is 0.615. The van der Waals surface area contributed by atoms with Gasteiger partial charge in [0.15, 0.2) is 0 Å². The van der Waals surface area contributed by atoms with Gasteiger partial charge in [0, 0.05) is 18.0 Å². The van der Waals surface area contributed by atoms with Gasteiger partial charge in [-0.25, -0.2) is 0 Å². The SMILES string of the molecule is CN(Cc1ccc(Cl)s1)C(=O)CNC1CCCC1.